The van der Waals surface area contributed by atoms with E-state index in [1.807, 2.05) is 0 Å². The van der Waals surface area contributed by atoms with Crippen molar-refractivity contribution in [1.82, 2.24) is 0 Å². The van der Waals surface area contributed by atoms with E-state index >= 15 is 0 Å². The summed E-state index contributed by atoms with van der Waals surface area (Å²) in [6, 6.07) is 54.2. The van der Waals surface area contributed by atoms with Crippen molar-refractivity contribution >= 4 is 43.1 Å². The van der Waals surface area contributed by atoms with Gasteiger partial charge in [-0.25, -0.2) is 0 Å². The van der Waals surface area contributed by atoms with Gasteiger partial charge in [-0.3, -0.25) is 0 Å². The van der Waals surface area contributed by atoms with Crippen molar-refractivity contribution in [3.05, 3.63) is 157 Å². The molecular weight excluding hydrogens is 516 g/mol. The van der Waals surface area contributed by atoms with Crippen molar-refractivity contribution in [1.29, 1.82) is 0 Å². The molecule has 0 heterocycles. The molecule has 0 atom stereocenters. The van der Waals surface area contributed by atoms with Crippen molar-refractivity contribution < 1.29 is 0 Å². The summed E-state index contributed by atoms with van der Waals surface area (Å²) < 4.78 is 0. The van der Waals surface area contributed by atoms with Gasteiger partial charge in [0.25, 0.3) is 0 Å². The number of hydrogen-bond acceptors (Lipinski definition) is 0. The van der Waals surface area contributed by atoms with Crippen LogP contribution in [-0.2, 0) is 5.41 Å². The highest BCUT2D eigenvalue weighted by Gasteiger charge is 2.36. The van der Waals surface area contributed by atoms with Crippen molar-refractivity contribution in [3.63, 3.8) is 0 Å². The van der Waals surface area contributed by atoms with Crippen LogP contribution in [0.2, 0.25) is 0 Å². The van der Waals surface area contributed by atoms with Crippen LogP contribution in [0, 0.1) is 0 Å². The van der Waals surface area contributed by atoms with Crippen molar-refractivity contribution in [2.45, 2.75) is 19.3 Å². The fraction of sp³-hybridized carbons (Fsp3) is 0.0698. The summed E-state index contributed by atoms with van der Waals surface area (Å²) in [5, 5.41) is 10.3. The smallest absolute Gasteiger partial charge is 0.0159 e. The predicted octanol–water partition coefficient (Wildman–Crippen LogP) is 11.9. The largest absolute Gasteiger partial charge is 0.0619 e. The molecule has 0 saturated heterocycles. The minimum atomic E-state index is -0.0819. The highest BCUT2D eigenvalue weighted by molar-refractivity contribution is 6.26. The molecule has 0 aliphatic heterocycles. The van der Waals surface area contributed by atoms with Gasteiger partial charge in [0.15, 0.2) is 0 Å². The van der Waals surface area contributed by atoms with Crippen LogP contribution in [0.1, 0.15) is 25.0 Å². The van der Waals surface area contributed by atoms with Crippen molar-refractivity contribution in [2.24, 2.45) is 0 Å². The molecule has 0 unspecified atom stereocenters. The summed E-state index contributed by atoms with van der Waals surface area (Å²) in [5.74, 6) is 0. The maximum atomic E-state index is 2.53. The van der Waals surface area contributed by atoms with Gasteiger partial charge in [-0.15, -0.1) is 0 Å². The fourth-order valence-electron chi connectivity index (χ4n) is 7.84. The zero-order valence-corrected chi connectivity index (χ0v) is 24.4. The average Bonchev–Trinajstić information content (AvgIpc) is 3.28. The molecular formula is C43H30. The predicted molar refractivity (Wildman–Crippen MR) is 185 cm³/mol. The second-order valence-corrected chi connectivity index (χ2v) is 12.5. The Morgan fingerprint density at radius 1 is 0.326 bits per heavy atom. The first-order chi connectivity index (χ1) is 21.1. The van der Waals surface area contributed by atoms with E-state index in [1.165, 1.54) is 87.6 Å². The molecule has 1 aliphatic rings. The molecule has 0 saturated carbocycles. The maximum absolute atomic E-state index is 2.53. The zero-order chi connectivity index (χ0) is 28.7. The lowest BCUT2D eigenvalue weighted by Gasteiger charge is -2.24. The second kappa shape index (κ2) is 8.90. The Balaban J connectivity index is 1.53. The van der Waals surface area contributed by atoms with E-state index in [-0.39, 0.29) is 5.41 Å². The van der Waals surface area contributed by atoms with Crippen LogP contribution in [0.3, 0.4) is 0 Å². The van der Waals surface area contributed by atoms with Crippen LogP contribution < -0.4 is 0 Å². The molecule has 0 heteroatoms. The van der Waals surface area contributed by atoms with Crippen LogP contribution in [0.5, 0.6) is 0 Å². The van der Waals surface area contributed by atoms with Crippen LogP contribution in [0.25, 0.3) is 76.5 Å². The van der Waals surface area contributed by atoms with E-state index in [2.05, 4.69) is 159 Å². The highest BCUT2D eigenvalue weighted by Crippen LogP contribution is 2.54. The van der Waals surface area contributed by atoms with Gasteiger partial charge in [0.1, 0.15) is 0 Å². The molecule has 0 spiro atoms. The highest BCUT2D eigenvalue weighted by atomic mass is 14.4. The Hall–Kier alpha value is -5.20. The summed E-state index contributed by atoms with van der Waals surface area (Å²) in [6.07, 6.45) is 0. The molecule has 0 fully saturated rings. The minimum Gasteiger partial charge on any atom is -0.0619 e. The van der Waals surface area contributed by atoms with Crippen LogP contribution in [-0.4, -0.2) is 0 Å². The summed E-state index contributed by atoms with van der Waals surface area (Å²) in [5.41, 5.74) is 10.7. The molecule has 8 aromatic carbocycles. The second-order valence-electron chi connectivity index (χ2n) is 12.5. The van der Waals surface area contributed by atoms with Crippen molar-refractivity contribution in [2.75, 3.05) is 0 Å². The summed E-state index contributed by atoms with van der Waals surface area (Å²) in [4.78, 5) is 0. The lowest BCUT2D eigenvalue weighted by Crippen LogP contribution is -2.14. The fourth-order valence-corrected chi connectivity index (χ4v) is 7.84. The summed E-state index contributed by atoms with van der Waals surface area (Å²) in [6.45, 7) is 4.77. The Morgan fingerprint density at radius 3 is 1.37 bits per heavy atom. The Morgan fingerprint density at radius 2 is 0.767 bits per heavy atom. The van der Waals surface area contributed by atoms with Gasteiger partial charge >= 0.3 is 0 Å². The van der Waals surface area contributed by atoms with Gasteiger partial charge in [-0.1, -0.05) is 147 Å². The van der Waals surface area contributed by atoms with E-state index in [0.29, 0.717) is 0 Å². The first-order valence-electron chi connectivity index (χ1n) is 15.2. The van der Waals surface area contributed by atoms with E-state index in [1.54, 1.807) is 0 Å². The van der Waals surface area contributed by atoms with Crippen LogP contribution >= 0.6 is 0 Å². The minimum absolute atomic E-state index is 0.0819. The third-order valence-corrected chi connectivity index (χ3v) is 9.84. The topological polar surface area (TPSA) is 0 Å². The third-order valence-electron chi connectivity index (χ3n) is 9.84. The third kappa shape index (κ3) is 3.38. The first-order valence-corrected chi connectivity index (χ1v) is 15.2. The van der Waals surface area contributed by atoms with Crippen molar-refractivity contribution in [3.8, 4) is 33.4 Å². The van der Waals surface area contributed by atoms with Gasteiger partial charge in [-0.05, 0) is 99.7 Å². The molecule has 202 valence electrons. The molecule has 0 N–H and O–H groups in total. The van der Waals surface area contributed by atoms with Gasteiger partial charge < -0.3 is 0 Å². The van der Waals surface area contributed by atoms with Gasteiger partial charge in [-0.2, -0.15) is 0 Å². The Labute approximate surface area is 251 Å². The molecule has 8 aromatic rings. The summed E-state index contributed by atoms with van der Waals surface area (Å²) in [7, 11) is 0. The molecule has 43 heavy (non-hydrogen) atoms. The number of benzene rings is 8. The molecule has 1 aliphatic carbocycles. The van der Waals surface area contributed by atoms with Gasteiger partial charge in [0.2, 0.25) is 0 Å². The molecule has 0 nitrogen and oxygen atoms in total. The SMILES string of the molecule is CC1(C)c2ccccc2-c2cc3c(-c4cccc5ccccc45)c4ccccc4c(-c4cccc5ccccc45)c3cc21. The first kappa shape index (κ1) is 24.4. The molecule has 9 rings (SSSR count). The lowest BCUT2D eigenvalue weighted by atomic mass is 9.79. The van der Waals surface area contributed by atoms with E-state index in [9.17, 15) is 0 Å². The monoisotopic (exact) mass is 546 g/mol. The molecule has 0 amide bonds. The Bertz CT molecular complexity index is 2410. The number of fused-ring (bicyclic) bond motifs is 7. The number of rotatable bonds is 2. The van der Waals surface area contributed by atoms with Gasteiger partial charge in [0.05, 0.1) is 0 Å². The average molecular weight is 547 g/mol. The summed E-state index contributed by atoms with van der Waals surface area (Å²) >= 11 is 0. The van der Waals surface area contributed by atoms with E-state index < -0.39 is 0 Å². The number of hydrogen-bond donors (Lipinski definition) is 0. The Kier molecular flexibility index (Phi) is 5.05. The lowest BCUT2D eigenvalue weighted by molar-refractivity contribution is 0.661. The molecule has 0 radical (unpaired) electrons. The zero-order valence-electron chi connectivity index (χ0n) is 24.4. The van der Waals surface area contributed by atoms with Crippen LogP contribution in [0.4, 0.5) is 0 Å². The molecule has 0 bridgehead atoms. The van der Waals surface area contributed by atoms with Crippen LogP contribution in [0.15, 0.2) is 146 Å². The van der Waals surface area contributed by atoms with E-state index in [0.717, 1.165) is 0 Å². The normalized spacial score (nSPS) is 13.5. The quantitative estimate of drug-likeness (QED) is 0.189. The maximum Gasteiger partial charge on any atom is 0.0159 e. The molecule has 0 aromatic heterocycles. The standard InChI is InChI=1S/C43H30/c1-43(2)39-24-10-9-19-31(39)36-25-37-38(26-40(36)43)42(33-23-12-16-28-14-4-6-18-30(28)33)35-21-8-7-20-34(35)41(37)32-22-11-15-27-13-3-5-17-29(27)32/h3-26H,1-2H3. The van der Waals surface area contributed by atoms with E-state index in [4.69, 9.17) is 0 Å². The van der Waals surface area contributed by atoms with Gasteiger partial charge in [0, 0.05) is 5.41 Å².